The molecule has 0 aliphatic rings. The van der Waals surface area contributed by atoms with E-state index in [1.165, 1.54) is 14.2 Å². The van der Waals surface area contributed by atoms with Gasteiger partial charge in [0.2, 0.25) is 0 Å². The largest absolute Gasteiger partial charge is 0.493 e. The summed E-state index contributed by atoms with van der Waals surface area (Å²) in [5.74, 6) is -1.26. The van der Waals surface area contributed by atoms with E-state index in [-0.39, 0.29) is 17.1 Å². The molecule has 9 nitrogen and oxygen atoms in total. The second-order valence-electron chi connectivity index (χ2n) is 5.84. The molecule has 1 rings (SSSR count). The summed E-state index contributed by atoms with van der Waals surface area (Å²) < 4.78 is 14.9. The van der Waals surface area contributed by atoms with E-state index in [0.29, 0.717) is 6.42 Å². The fourth-order valence-corrected chi connectivity index (χ4v) is 1.89. The van der Waals surface area contributed by atoms with Crippen molar-refractivity contribution in [3.8, 4) is 11.5 Å². The van der Waals surface area contributed by atoms with Crippen LogP contribution in [0.1, 0.15) is 37.6 Å². The van der Waals surface area contributed by atoms with Crippen molar-refractivity contribution < 1.29 is 28.7 Å². The Labute approximate surface area is 145 Å². The zero-order valence-corrected chi connectivity index (χ0v) is 14.9. The summed E-state index contributed by atoms with van der Waals surface area (Å²) >= 11 is 0. The molecule has 1 aromatic rings. The summed E-state index contributed by atoms with van der Waals surface area (Å²) in [6.07, 6.45) is 0.688. The zero-order chi connectivity index (χ0) is 19.2. The van der Waals surface area contributed by atoms with Gasteiger partial charge in [-0.25, -0.2) is 4.79 Å². The lowest BCUT2D eigenvalue weighted by molar-refractivity contribution is -0.385. The molecule has 0 heterocycles. The van der Waals surface area contributed by atoms with E-state index in [1.807, 2.05) is 20.8 Å². The van der Waals surface area contributed by atoms with Crippen LogP contribution in [0.3, 0.4) is 0 Å². The summed E-state index contributed by atoms with van der Waals surface area (Å²) in [6.45, 7) is 5.00. The highest BCUT2D eigenvalue weighted by Gasteiger charge is 2.26. The molecular formula is C16H22N2O7. The van der Waals surface area contributed by atoms with Crippen molar-refractivity contribution in [1.29, 1.82) is 0 Å². The lowest BCUT2D eigenvalue weighted by atomic mass is 10.0. The maximum Gasteiger partial charge on any atom is 0.345 e. The molecule has 0 unspecified atom stereocenters. The third kappa shape index (κ3) is 5.33. The van der Waals surface area contributed by atoms with E-state index >= 15 is 0 Å². The topological polar surface area (TPSA) is 117 Å². The molecule has 0 aliphatic heterocycles. The number of methoxy groups -OCH3 is 2. The van der Waals surface area contributed by atoms with Gasteiger partial charge < -0.3 is 19.5 Å². The average molecular weight is 354 g/mol. The lowest BCUT2D eigenvalue weighted by Crippen LogP contribution is -2.44. The Kier molecular flexibility index (Phi) is 6.72. The number of rotatable bonds is 8. The van der Waals surface area contributed by atoms with E-state index in [2.05, 4.69) is 5.32 Å². The van der Waals surface area contributed by atoms with Gasteiger partial charge in [0.15, 0.2) is 18.1 Å². The second-order valence-corrected chi connectivity index (χ2v) is 5.84. The van der Waals surface area contributed by atoms with Crippen molar-refractivity contribution in [1.82, 2.24) is 5.32 Å². The Morgan fingerprint density at radius 2 is 1.76 bits per heavy atom. The fraction of sp³-hybridized carbons (Fsp3) is 0.500. The molecule has 0 spiro atoms. The summed E-state index contributed by atoms with van der Waals surface area (Å²) in [5, 5.41) is 13.9. The predicted octanol–water partition coefficient (Wildman–Crippen LogP) is 2.07. The number of nitro groups is 1. The minimum Gasteiger partial charge on any atom is -0.493 e. The van der Waals surface area contributed by atoms with Crippen molar-refractivity contribution in [2.75, 3.05) is 20.8 Å². The molecule has 1 amide bonds. The van der Waals surface area contributed by atoms with Crippen LogP contribution in [0.4, 0.5) is 5.69 Å². The van der Waals surface area contributed by atoms with Crippen molar-refractivity contribution >= 4 is 17.6 Å². The molecular weight excluding hydrogens is 332 g/mol. The van der Waals surface area contributed by atoms with Crippen molar-refractivity contribution in [3.05, 3.63) is 27.8 Å². The van der Waals surface area contributed by atoms with E-state index in [0.717, 1.165) is 12.1 Å². The van der Waals surface area contributed by atoms with Crippen LogP contribution in [0, 0.1) is 10.1 Å². The fourth-order valence-electron chi connectivity index (χ4n) is 1.89. The molecule has 0 radical (unpaired) electrons. The van der Waals surface area contributed by atoms with Crippen LogP contribution in [0.15, 0.2) is 12.1 Å². The number of hydrogen-bond acceptors (Lipinski definition) is 7. The standard InChI is InChI=1S/C16H22N2O7/c1-6-16(2,3)17-14(19)9-25-15(20)10-7-12(23-4)13(24-5)8-11(10)18(21)22/h7-8H,6,9H2,1-5H3,(H,17,19). The number of amides is 1. The molecule has 0 saturated heterocycles. The van der Waals surface area contributed by atoms with Crippen LogP contribution >= 0.6 is 0 Å². The van der Waals surface area contributed by atoms with Gasteiger partial charge >= 0.3 is 5.97 Å². The number of nitro benzene ring substituents is 1. The number of esters is 1. The van der Waals surface area contributed by atoms with Gasteiger partial charge in [-0.15, -0.1) is 0 Å². The predicted molar refractivity (Wildman–Crippen MR) is 89.0 cm³/mol. The number of benzene rings is 1. The summed E-state index contributed by atoms with van der Waals surface area (Å²) in [4.78, 5) is 34.4. The van der Waals surface area contributed by atoms with Crippen LogP contribution in [0.25, 0.3) is 0 Å². The van der Waals surface area contributed by atoms with Crippen LogP contribution in [0.2, 0.25) is 0 Å². The van der Waals surface area contributed by atoms with Crippen LogP contribution < -0.4 is 14.8 Å². The Bertz CT molecular complexity index is 671. The molecule has 0 bridgehead atoms. The summed E-state index contributed by atoms with van der Waals surface area (Å²) in [5.41, 5.74) is -1.28. The molecule has 0 aliphatic carbocycles. The highest BCUT2D eigenvalue weighted by Crippen LogP contribution is 2.34. The van der Waals surface area contributed by atoms with Gasteiger partial charge in [0.1, 0.15) is 5.56 Å². The van der Waals surface area contributed by atoms with Crippen molar-refractivity contribution in [2.24, 2.45) is 0 Å². The number of carbonyl (C=O) groups excluding carboxylic acids is 2. The highest BCUT2D eigenvalue weighted by molar-refractivity contribution is 5.96. The third-order valence-corrected chi connectivity index (χ3v) is 3.61. The van der Waals surface area contributed by atoms with Gasteiger partial charge in [0, 0.05) is 11.6 Å². The molecule has 138 valence electrons. The molecule has 0 atom stereocenters. The van der Waals surface area contributed by atoms with Crippen molar-refractivity contribution in [2.45, 2.75) is 32.7 Å². The van der Waals surface area contributed by atoms with Gasteiger partial charge in [0.05, 0.1) is 25.2 Å². The first-order chi connectivity index (χ1) is 11.6. The number of nitrogens with zero attached hydrogens (tertiary/aromatic N) is 1. The van der Waals surface area contributed by atoms with Gasteiger partial charge in [-0.3, -0.25) is 14.9 Å². The quantitative estimate of drug-likeness (QED) is 0.431. The lowest BCUT2D eigenvalue weighted by Gasteiger charge is -2.24. The Morgan fingerprint density at radius 3 is 2.24 bits per heavy atom. The summed E-state index contributed by atoms with van der Waals surface area (Å²) in [7, 11) is 2.65. The van der Waals surface area contributed by atoms with Crippen molar-refractivity contribution in [3.63, 3.8) is 0 Å². The van der Waals surface area contributed by atoms with Gasteiger partial charge in [-0.1, -0.05) is 6.92 Å². The van der Waals surface area contributed by atoms with E-state index < -0.39 is 34.6 Å². The van der Waals surface area contributed by atoms with E-state index in [9.17, 15) is 19.7 Å². The molecule has 1 aromatic carbocycles. The molecule has 0 aromatic heterocycles. The first-order valence-electron chi connectivity index (χ1n) is 7.53. The number of nitrogens with one attached hydrogen (secondary N) is 1. The van der Waals surface area contributed by atoms with Crippen LogP contribution in [0.5, 0.6) is 11.5 Å². The Hall–Kier alpha value is -2.84. The van der Waals surface area contributed by atoms with E-state index in [1.54, 1.807) is 0 Å². The van der Waals surface area contributed by atoms with Gasteiger partial charge in [-0.05, 0) is 20.3 Å². The minimum absolute atomic E-state index is 0.105. The Balaban J connectivity index is 2.97. The monoisotopic (exact) mass is 354 g/mol. The van der Waals surface area contributed by atoms with Crippen LogP contribution in [-0.2, 0) is 9.53 Å². The van der Waals surface area contributed by atoms with Crippen LogP contribution in [-0.4, -0.2) is 43.2 Å². The second kappa shape index (κ2) is 8.32. The average Bonchev–Trinajstić information content (AvgIpc) is 2.57. The minimum atomic E-state index is -1.00. The maximum atomic E-state index is 12.2. The number of hydrogen-bond donors (Lipinski definition) is 1. The molecule has 0 fully saturated rings. The Morgan fingerprint density at radius 1 is 1.20 bits per heavy atom. The highest BCUT2D eigenvalue weighted by atomic mass is 16.6. The first kappa shape index (κ1) is 20.2. The molecule has 25 heavy (non-hydrogen) atoms. The zero-order valence-electron chi connectivity index (χ0n) is 14.9. The maximum absolute atomic E-state index is 12.2. The molecule has 0 saturated carbocycles. The third-order valence-electron chi connectivity index (χ3n) is 3.61. The number of carbonyl (C=O) groups is 2. The summed E-state index contributed by atoms with van der Waals surface area (Å²) in [6, 6.07) is 2.21. The normalized spacial score (nSPS) is 10.8. The first-order valence-corrected chi connectivity index (χ1v) is 7.53. The molecule has 1 N–H and O–H groups in total. The van der Waals surface area contributed by atoms with E-state index in [4.69, 9.17) is 14.2 Å². The van der Waals surface area contributed by atoms with Gasteiger partial charge in [-0.2, -0.15) is 0 Å². The smallest absolute Gasteiger partial charge is 0.345 e. The van der Waals surface area contributed by atoms with Gasteiger partial charge in [0.25, 0.3) is 11.6 Å². The SMILES string of the molecule is CCC(C)(C)NC(=O)COC(=O)c1cc(OC)c(OC)cc1[N+](=O)[O-]. The number of ether oxygens (including phenoxy) is 3. The molecule has 9 heteroatoms.